The molecule has 186 valence electrons. The fourth-order valence-electron chi connectivity index (χ4n) is 4.36. The van der Waals surface area contributed by atoms with E-state index in [1.807, 2.05) is 28.6 Å². The van der Waals surface area contributed by atoms with Crippen LogP contribution in [0.1, 0.15) is 43.6 Å². The molecule has 3 heterocycles. The Bertz CT molecular complexity index is 1000. The Morgan fingerprint density at radius 3 is 2.85 bits per heavy atom. The number of fused-ring (bicyclic) bond motifs is 1. The minimum Gasteiger partial charge on any atom is -0.453 e. The van der Waals surface area contributed by atoms with Crippen molar-refractivity contribution in [3.8, 4) is 0 Å². The summed E-state index contributed by atoms with van der Waals surface area (Å²) in [6, 6.07) is 3.92. The van der Waals surface area contributed by atoms with Gasteiger partial charge in [-0.25, -0.2) is 14.5 Å². The van der Waals surface area contributed by atoms with Crippen LogP contribution in [-0.4, -0.2) is 84.3 Å². The molecule has 2 aromatic rings. The number of carbonyl (C=O) groups excluding carboxylic acids is 2. The van der Waals surface area contributed by atoms with Gasteiger partial charge in [0, 0.05) is 44.7 Å². The number of hydrogen-bond donors (Lipinski definition) is 2. The molecule has 34 heavy (non-hydrogen) atoms. The third-order valence-corrected chi connectivity index (χ3v) is 6.19. The number of alkyl carbamates (subject to hydrolysis) is 1. The fourth-order valence-corrected chi connectivity index (χ4v) is 4.36. The van der Waals surface area contributed by atoms with E-state index in [0.29, 0.717) is 39.3 Å². The Morgan fingerprint density at radius 1 is 1.35 bits per heavy atom. The van der Waals surface area contributed by atoms with E-state index in [9.17, 15) is 9.59 Å². The third kappa shape index (κ3) is 5.48. The van der Waals surface area contributed by atoms with Gasteiger partial charge in [-0.1, -0.05) is 0 Å². The lowest BCUT2D eigenvalue weighted by Gasteiger charge is -2.33. The van der Waals surface area contributed by atoms with E-state index in [2.05, 4.69) is 15.4 Å². The Kier molecular flexibility index (Phi) is 7.96. The Labute approximate surface area is 199 Å². The average molecular weight is 475 g/mol. The summed E-state index contributed by atoms with van der Waals surface area (Å²) in [5.41, 5.74) is 2.37. The fraction of sp³-hybridized carbons (Fsp3) is 0.652. The maximum atomic E-state index is 13.4. The van der Waals surface area contributed by atoms with Gasteiger partial charge in [0.15, 0.2) is 5.65 Å². The zero-order valence-corrected chi connectivity index (χ0v) is 20.1. The average Bonchev–Trinajstić information content (AvgIpc) is 3.63. The zero-order chi connectivity index (χ0) is 24.1. The minimum absolute atomic E-state index is 0.0103. The summed E-state index contributed by atoms with van der Waals surface area (Å²) in [5, 5.41) is 11.8. The molecule has 4 rings (SSSR count). The summed E-state index contributed by atoms with van der Waals surface area (Å²) in [7, 11) is 2.98. The quantitative estimate of drug-likeness (QED) is 0.496. The molecule has 1 aliphatic heterocycles. The number of amides is 2. The van der Waals surface area contributed by atoms with Crippen molar-refractivity contribution in [2.45, 2.75) is 57.5 Å². The maximum Gasteiger partial charge on any atom is 0.406 e. The number of hydrogen-bond acceptors (Lipinski definition) is 8. The first kappa shape index (κ1) is 24.4. The smallest absolute Gasteiger partial charge is 0.406 e. The third-order valence-electron chi connectivity index (χ3n) is 6.19. The second-order valence-electron chi connectivity index (χ2n) is 8.70. The molecule has 0 unspecified atom stereocenters. The maximum absolute atomic E-state index is 13.4. The van der Waals surface area contributed by atoms with Gasteiger partial charge in [-0.3, -0.25) is 4.79 Å². The van der Waals surface area contributed by atoms with Crippen LogP contribution in [0.3, 0.4) is 0 Å². The van der Waals surface area contributed by atoms with Gasteiger partial charge in [0.25, 0.3) is 5.91 Å². The molecular weight excluding hydrogens is 440 g/mol. The largest absolute Gasteiger partial charge is 0.453 e. The van der Waals surface area contributed by atoms with Gasteiger partial charge < -0.3 is 29.7 Å². The van der Waals surface area contributed by atoms with Gasteiger partial charge in [0.1, 0.15) is 6.10 Å². The van der Waals surface area contributed by atoms with Crippen molar-refractivity contribution < 1.29 is 23.8 Å². The predicted molar refractivity (Wildman–Crippen MR) is 124 cm³/mol. The van der Waals surface area contributed by atoms with E-state index in [4.69, 9.17) is 19.6 Å². The summed E-state index contributed by atoms with van der Waals surface area (Å²) < 4.78 is 17.5. The standard InChI is InChI=1S/C23H34N6O5/c1-15(29(17-6-7-17)22(30)19-13-24-10-12-34-19)20-18-8-5-16(14-32-2)26-21(18)28(27-20)11-4-9-25-23(31)33-3/h5,8,15,17,19,24H,4,6-7,9-14H2,1-3H3,(H,25,31)/t15-,19-/m1/s1. The molecule has 2 fully saturated rings. The van der Waals surface area contributed by atoms with Crippen molar-refractivity contribution in [2.24, 2.45) is 0 Å². The van der Waals surface area contributed by atoms with Crippen LogP contribution < -0.4 is 10.6 Å². The molecule has 11 heteroatoms. The highest BCUT2D eigenvalue weighted by molar-refractivity contribution is 5.84. The van der Waals surface area contributed by atoms with Gasteiger partial charge in [-0.2, -0.15) is 5.10 Å². The highest BCUT2D eigenvalue weighted by Gasteiger charge is 2.41. The molecule has 2 N–H and O–H groups in total. The van der Waals surface area contributed by atoms with E-state index in [1.54, 1.807) is 7.11 Å². The normalized spacial score (nSPS) is 19.1. The second-order valence-corrected chi connectivity index (χ2v) is 8.70. The van der Waals surface area contributed by atoms with Crippen LogP contribution >= 0.6 is 0 Å². The molecule has 1 aliphatic carbocycles. The molecular formula is C23H34N6O5. The van der Waals surface area contributed by atoms with Crippen LogP contribution in [0, 0.1) is 0 Å². The minimum atomic E-state index is -0.471. The number of carbonyl (C=O) groups is 2. The van der Waals surface area contributed by atoms with Crippen molar-refractivity contribution >= 4 is 23.0 Å². The number of rotatable bonds is 10. The highest BCUT2D eigenvalue weighted by Crippen LogP contribution is 2.37. The Morgan fingerprint density at radius 2 is 2.18 bits per heavy atom. The first-order valence-corrected chi connectivity index (χ1v) is 11.8. The SMILES string of the molecule is COCc1ccc2c([C@@H](C)N(C(=O)[C@H]3CNCCO3)C3CC3)nn(CCCNC(=O)OC)c2n1. The number of aromatic nitrogens is 3. The molecule has 11 nitrogen and oxygen atoms in total. The van der Waals surface area contributed by atoms with Crippen molar-refractivity contribution in [1.82, 2.24) is 30.3 Å². The monoisotopic (exact) mass is 474 g/mol. The highest BCUT2D eigenvalue weighted by atomic mass is 16.5. The number of ether oxygens (including phenoxy) is 3. The lowest BCUT2D eigenvalue weighted by Crippen LogP contribution is -2.50. The van der Waals surface area contributed by atoms with Crippen molar-refractivity contribution in [2.75, 3.05) is 40.5 Å². The number of pyridine rings is 1. The van der Waals surface area contributed by atoms with Crippen LogP contribution in [0.4, 0.5) is 4.79 Å². The van der Waals surface area contributed by atoms with Crippen molar-refractivity contribution in [3.63, 3.8) is 0 Å². The first-order valence-electron chi connectivity index (χ1n) is 11.8. The van der Waals surface area contributed by atoms with Gasteiger partial charge in [-0.15, -0.1) is 0 Å². The van der Waals surface area contributed by atoms with E-state index >= 15 is 0 Å². The molecule has 2 aromatic heterocycles. The Balaban J connectivity index is 1.60. The summed E-state index contributed by atoms with van der Waals surface area (Å²) in [4.78, 5) is 31.5. The van der Waals surface area contributed by atoms with Crippen LogP contribution in [0.15, 0.2) is 12.1 Å². The predicted octanol–water partition coefficient (Wildman–Crippen LogP) is 1.36. The molecule has 2 aliphatic rings. The number of aryl methyl sites for hydroxylation is 1. The number of methoxy groups -OCH3 is 2. The molecule has 2 amide bonds. The van der Waals surface area contributed by atoms with Crippen molar-refractivity contribution in [1.29, 1.82) is 0 Å². The molecule has 0 aromatic carbocycles. The van der Waals surface area contributed by atoms with Gasteiger partial charge in [-0.05, 0) is 38.3 Å². The lowest BCUT2D eigenvalue weighted by molar-refractivity contribution is -0.148. The van der Waals surface area contributed by atoms with Crippen LogP contribution in [-0.2, 0) is 32.2 Å². The van der Waals surface area contributed by atoms with Crippen LogP contribution in [0.2, 0.25) is 0 Å². The molecule has 2 atom stereocenters. The van der Waals surface area contributed by atoms with Gasteiger partial charge >= 0.3 is 6.09 Å². The molecule has 1 saturated carbocycles. The second kappa shape index (κ2) is 11.1. The molecule has 0 bridgehead atoms. The zero-order valence-electron chi connectivity index (χ0n) is 20.1. The summed E-state index contributed by atoms with van der Waals surface area (Å²) in [5.74, 6) is 0.0103. The van der Waals surface area contributed by atoms with Crippen LogP contribution in [0.25, 0.3) is 11.0 Å². The lowest BCUT2D eigenvalue weighted by atomic mass is 10.1. The van der Waals surface area contributed by atoms with Gasteiger partial charge in [0.05, 0.1) is 37.8 Å². The van der Waals surface area contributed by atoms with E-state index < -0.39 is 12.2 Å². The molecule has 0 spiro atoms. The van der Waals surface area contributed by atoms with Gasteiger partial charge in [0.2, 0.25) is 0 Å². The van der Waals surface area contributed by atoms with E-state index in [1.165, 1.54) is 7.11 Å². The van der Waals surface area contributed by atoms with Crippen LogP contribution in [0.5, 0.6) is 0 Å². The molecule has 1 saturated heterocycles. The van der Waals surface area contributed by atoms with E-state index in [0.717, 1.165) is 41.8 Å². The van der Waals surface area contributed by atoms with Crippen molar-refractivity contribution in [3.05, 3.63) is 23.5 Å². The number of nitrogens with one attached hydrogen (secondary N) is 2. The summed E-state index contributed by atoms with van der Waals surface area (Å²) in [6.07, 6.45) is 1.70. The number of nitrogens with zero attached hydrogens (tertiary/aromatic N) is 4. The first-order chi connectivity index (χ1) is 16.5. The summed E-state index contributed by atoms with van der Waals surface area (Å²) >= 11 is 0. The number of morpholine rings is 1. The van der Waals surface area contributed by atoms with E-state index in [-0.39, 0.29) is 18.0 Å². The molecule has 0 radical (unpaired) electrons. The topological polar surface area (TPSA) is 120 Å². The Hall–Kier alpha value is -2.76. The summed E-state index contributed by atoms with van der Waals surface area (Å²) in [6.45, 7) is 5.26.